The molecule has 0 atom stereocenters. The molecule has 0 bridgehead atoms. The molecule has 1 N–H and O–H groups in total. The highest BCUT2D eigenvalue weighted by molar-refractivity contribution is 6.11. The zero-order valence-corrected chi connectivity index (χ0v) is 24.2. The molecule has 0 unspecified atom stereocenters. The van der Waals surface area contributed by atoms with E-state index in [1.165, 1.54) is 0 Å². The first kappa shape index (κ1) is 30.2. The van der Waals surface area contributed by atoms with Crippen LogP contribution in [0, 0.1) is 0 Å². The van der Waals surface area contributed by atoms with Crippen molar-refractivity contribution in [2.24, 2.45) is 0 Å². The van der Waals surface area contributed by atoms with Crippen LogP contribution in [0.2, 0.25) is 0 Å². The molecule has 0 aliphatic heterocycles. The minimum Gasteiger partial charge on any atom is -0.497 e. The summed E-state index contributed by atoms with van der Waals surface area (Å²) in [6.07, 6.45) is -0.665. The fourth-order valence-corrected chi connectivity index (χ4v) is 3.99. The van der Waals surface area contributed by atoms with Gasteiger partial charge in [0.2, 0.25) is 5.91 Å². The number of ether oxygens (including phenoxy) is 3. The molecule has 0 fully saturated rings. The average Bonchev–Trinajstić information content (AvgIpc) is 2.91. The average molecular weight is 547 g/mol. The number of Topliss-reactive ketones (excluding diaryl/α,β-unsaturated/α-hetero) is 1. The fraction of sp³-hybridized carbons (Fsp3) is 0.344. The van der Waals surface area contributed by atoms with E-state index in [4.69, 9.17) is 14.2 Å². The van der Waals surface area contributed by atoms with Gasteiger partial charge >= 0.3 is 6.09 Å². The highest BCUT2D eigenvalue weighted by Crippen LogP contribution is 2.33. The molecule has 0 heterocycles. The summed E-state index contributed by atoms with van der Waals surface area (Å²) in [6, 6.07) is 19.7. The Morgan fingerprint density at radius 1 is 0.875 bits per heavy atom. The Morgan fingerprint density at radius 3 is 2.08 bits per heavy atom. The summed E-state index contributed by atoms with van der Waals surface area (Å²) in [5, 5.41) is 2.77. The second kappa shape index (κ2) is 13.2. The van der Waals surface area contributed by atoms with Gasteiger partial charge in [-0.25, -0.2) is 4.79 Å². The first-order valence-electron chi connectivity index (χ1n) is 13.1. The fourth-order valence-electron chi connectivity index (χ4n) is 3.99. The molecule has 8 heteroatoms. The molecular formula is C32H38N2O6. The van der Waals surface area contributed by atoms with E-state index in [1.54, 1.807) is 49.5 Å². The molecule has 3 aromatic carbocycles. The van der Waals surface area contributed by atoms with Gasteiger partial charge in [-0.3, -0.25) is 9.59 Å². The number of hydrogen-bond acceptors (Lipinski definition) is 6. The van der Waals surface area contributed by atoms with Gasteiger partial charge in [-0.15, -0.1) is 0 Å². The number of nitrogens with zero attached hydrogens (tertiary/aromatic N) is 1. The summed E-state index contributed by atoms with van der Waals surface area (Å²) in [6.45, 7) is 9.73. The number of rotatable bonds is 10. The molecule has 0 radical (unpaired) electrons. The maximum Gasteiger partial charge on any atom is 0.410 e. The molecule has 0 spiro atoms. The SMILES string of the molecule is COc1ccc(-c2ccc(C(=O)CC(=O)Nc3ccc(CN(C(=O)OC(C)(C)C)C(C)C)cc3)cc2)c(OC)c1. The molecular weight excluding hydrogens is 508 g/mol. The van der Waals surface area contributed by atoms with Crippen LogP contribution in [-0.2, 0) is 16.1 Å². The van der Waals surface area contributed by atoms with Gasteiger partial charge in [0.15, 0.2) is 5.78 Å². The summed E-state index contributed by atoms with van der Waals surface area (Å²) < 4.78 is 16.2. The number of nitrogens with one attached hydrogen (secondary N) is 1. The van der Waals surface area contributed by atoms with Crippen molar-refractivity contribution in [2.45, 2.75) is 59.2 Å². The minimum atomic E-state index is -0.581. The maximum atomic E-state index is 12.8. The van der Waals surface area contributed by atoms with Crippen LogP contribution in [-0.4, -0.2) is 48.5 Å². The van der Waals surface area contributed by atoms with Gasteiger partial charge in [0.25, 0.3) is 0 Å². The van der Waals surface area contributed by atoms with E-state index in [1.807, 2.05) is 71.0 Å². The van der Waals surface area contributed by atoms with Gasteiger partial charge in [0, 0.05) is 35.5 Å². The number of benzene rings is 3. The second-order valence-electron chi connectivity index (χ2n) is 10.7. The van der Waals surface area contributed by atoms with Crippen molar-refractivity contribution in [3.8, 4) is 22.6 Å². The van der Waals surface area contributed by atoms with Crippen molar-refractivity contribution in [3.63, 3.8) is 0 Å². The van der Waals surface area contributed by atoms with E-state index in [2.05, 4.69) is 5.32 Å². The second-order valence-corrected chi connectivity index (χ2v) is 10.7. The van der Waals surface area contributed by atoms with Crippen LogP contribution in [0.1, 0.15) is 57.0 Å². The van der Waals surface area contributed by atoms with Gasteiger partial charge in [-0.1, -0.05) is 36.4 Å². The molecule has 3 rings (SSSR count). The van der Waals surface area contributed by atoms with Gasteiger partial charge < -0.3 is 24.4 Å². The summed E-state index contributed by atoms with van der Waals surface area (Å²) in [5.41, 5.74) is 3.06. The van der Waals surface area contributed by atoms with E-state index >= 15 is 0 Å². The molecule has 0 saturated carbocycles. The quantitative estimate of drug-likeness (QED) is 0.224. The van der Waals surface area contributed by atoms with Crippen molar-refractivity contribution in [3.05, 3.63) is 77.9 Å². The largest absolute Gasteiger partial charge is 0.497 e. The summed E-state index contributed by atoms with van der Waals surface area (Å²) >= 11 is 0. The van der Waals surface area contributed by atoms with Crippen molar-refractivity contribution in [1.82, 2.24) is 4.90 Å². The Kier molecular flexibility index (Phi) is 9.93. The van der Waals surface area contributed by atoms with Gasteiger partial charge in [0.05, 0.1) is 20.6 Å². The van der Waals surface area contributed by atoms with Crippen LogP contribution in [0.4, 0.5) is 10.5 Å². The molecule has 0 aliphatic carbocycles. The number of amides is 2. The summed E-state index contributed by atoms with van der Waals surface area (Å²) in [5.74, 6) is 0.653. The van der Waals surface area contributed by atoms with Crippen LogP contribution in [0.25, 0.3) is 11.1 Å². The number of ketones is 1. The normalized spacial score (nSPS) is 11.1. The van der Waals surface area contributed by atoms with E-state index in [0.717, 1.165) is 16.7 Å². The van der Waals surface area contributed by atoms with Gasteiger partial charge in [-0.2, -0.15) is 0 Å². The van der Waals surface area contributed by atoms with Crippen molar-refractivity contribution in [1.29, 1.82) is 0 Å². The molecule has 212 valence electrons. The lowest BCUT2D eigenvalue weighted by Crippen LogP contribution is -2.40. The maximum absolute atomic E-state index is 12.8. The first-order chi connectivity index (χ1) is 18.9. The highest BCUT2D eigenvalue weighted by Gasteiger charge is 2.24. The van der Waals surface area contributed by atoms with Gasteiger partial charge in [-0.05, 0) is 70.0 Å². The molecule has 2 amide bonds. The number of hydrogen-bond donors (Lipinski definition) is 1. The predicted molar refractivity (Wildman–Crippen MR) is 156 cm³/mol. The predicted octanol–water partition coefficient (Wildman–Crippen LogP) is 6.73. The Labute approximate surface area is 236 Å². The lowest BCUT2D eigenvalue weighted by molar-refractivity contribution is -0.115. The Bertz CT molecular complexity index is 1330. The van der Waals surface area contributed by atoms with E-state index in [-0.39, 0.29) is 24.3 Å². The van der Waals surface area contributed by atoms with Crippen LogP contribution < -0.4 is 14.8 Å². The first-order valence-corrected chi connectivity index (χ1v) is 13.1. The molecule has 0 aliphatic rings. The van der Waals surface area contributed by atoms with Crippen LogP contribution in [0.3, 0.4) is 0 Å². The highest BCUT2D eigenvalue weighted by atomic mass is 16.6. The van der Waals surface area contributed by atoms with Crippen molar-refractivity contribution >= 4 is 23.5 Å². The zero-order chi connectivity index (χ0) is 29.4. The van der Waals surface area contributed by atoms with Crippen molar-refractivity contribution in [2.75, 3.05) is 19.5 Å². The number of carbonyl (C=O) groups excluding carboxylic acids is 3. The van der Waals surface area contributed by atoms with E-state index in [0.29, 0.717) is 29.3 Å². The van der Waals surface area contributed by atoms with Crippen LogP contribution >= 0.6 is 0 Å². The lowest BCUT2D eigenvalue weighted by Gasteiger charge is -2.30. The van der Waals surface area contributed by atoms with E-state index < -0.39 is 11.5 Å². The topological polar surface area (TPSA) is 94.2 Å². The molecule has 3 aromatic rings. The summed E-state index contributed by atoms with van der Waals surface area (Å²) in [4.78, 5) is 39.6. The van der Waals surface area contributed by atoms with Crippen LogP contribution in [0.15, 0.2) is 66.7 Å². The molecule has 0 aromatic heterocycles. The Hall–Kier alpha value is -4.33. The number of carbonyl (C=O) groups is 3. The third-order valence-electron chi connectivity index (χ3n) is 6.09. The standard InChI is InChI=1S/C32H38N2O6/c1-21(2)34(31(37)40-32(3,4)5)20-22-8-14-25(15-9-22)33-30(36)19-28(35)24-12-10-23(11-13-24)27-17-16-26(38-6)18-29(27)39-7/h8-18,21H,19-20H2,1-7H3,(H,33,36). The van der Waals surface area contributed by atoms with Crippen LogP contribution in [0.5, 0.6) is 11.5 Å². The summed E-state index contributed by atoms with van der Waals surface area (Å²) in [7, 11) is 3.18. The lowest BCUT2D eigenvalue weighted by atomic mass is 10.0. The zero-order valence-electron chi connectivity index (χ0n) is 24.2. The Balaban J connectivity index is 1.59. The van der Waals surface area contributed by atoms with Crippen molar-refractivity contribution < 1.29 is 28.6 Å². The molecule has 8 nitrogen and oxygen atoms in total. The Morgan fingerprint density at radius 2 is 1.52 bits per heavy atom. The number of methoxy groups -OCH3 is 2. The smallest absolute Gasteiger partial charge is 0.410 e. The molecule has 40 heavy (non-hydrogen) atoms. The minimum absolute atomic E-state index is 0.0486. The monoisotopic (exact) mass is 546 g/mol. The van der Waals surface area contributed by atoms with Gasteiger partial charge in [0.1, 0.15) is 17.1 Å². The number of anilines is 1. The third kappa shape index (κ3) is 8.33. The molecule has 0 saturated heterocycles. The third-order valence-corrected chi connectivity index (χ3v) is 6.09. The van der Waals surface area contributed by atoms with E-state index in [9.17, 15) is 14.4 Å².